The Morgan fingerprint density at radius 1 is 1.29 bits per heavy atom. The summed E-state index contributed by atoms with van der Waals surface area (Å²) in [6, 6.07) is 2.04. The molecule has 0 bridgehead atoms. The Balaban J connectivity index is 1.68. The van der Waals surface area contributed by atoms with Gasteiger partial charge < -0.3 is 15.6 Å². The molecule has 0 saturated heterocycles. The summed E-state index contributed by atoms with van der Waals surface area (Å²) in [6.45, 7) is 0.791. The van der Waals surface area contributed by atoms with Crippen molar-refractivity contribution in [3.63, 3.8) is 0 Å². The molecular weight excluding hydrogens is 341 g/mol. The Morgan fingerprint density at radius 2 is 2.08 bits per heavy atom. The molecule has 1 aliphatic heterocycles. The van der Waals surface area contributed by atoms with Crippen molar-refractivity contribution in [3.8, 4) is 0 Å². The number of aromatic amines is 1. The van der Waals surface area contributed by atoms with Gasteiger partial charge in [-0.2, -0.15) is 0 Å². The van der Waals surface area contributed by atoms with Crippen LogP contribution in [-0.2, 0) is 13.0 Å². The normalized spacial score (nSPS) is 14.2. The molecule has 9 heteroatoms. The number of nitrogens with two attached hydrogens (primary N) is 1. The summed E-state index contributed by atoms with van der Waals surface area (Å²) in [5.41, 5.74) is 6.67. The van der Waals surface area contributed by atoms with Crippen LogP contribution in [-0.4, -0.2) is 27.3 Å². The molecule has 5 nitrogen and oxygen atoms in total. The first kappa shape index (κ1) is 15.0. The van der Waals surface area contributed by atoms with Gasteiger partial charge in [0.05, 0.1) is 17.8 Å². The zero-order chi connectivity index (χ0) is 17.0. The minimum Gasteiger partial charge on any atom is -0.375 e. The van der Waals surface area contributed by atoms with Crippen LogP contribution in [0.25, 0.3) is 10.9 Å². The smallest absolute Gasteiger partial charge is 0.270 e. The number of hydrogen-bond acceptors (Lipinski definition) is 4. The second-order valence-corrected chi connectivity index (χ2v) is 6.64. The number of aromatic nitrogens is 2. The van der Waals surface area contributed by atoms with Crippen LogP contribution < -0.4 is 5.73 Å². The number of benzene rings is 1. The second kappa shape index (κ2) is 5.23. The van der Waals surface area contributed by atoms with Gasteiger partial charge in [0.25, 0.3) is 5.91 Å². The highest BCUT2D eigenvalue weighted by atomic mass is 32.1. The maximum Gasteiger partial charge on any atom is 0.270 e. The molecule has 1 aromatic carbocycles. The predicted molar refractivity (Wildman–Crippen MR) is 83.1 cm³/mol. The number of H-pyrrole nitrogens is 1. The van der Waals surface area contributed by atoms with Crippen LogP contribution in [0.2, 0.25) is 0 Å². The fourth-order valence-corrected chi connectivity index (χ4v) is 3.75. The summed E-state index contributed by atoms with van der Waals surface area (Å²) in [4.78, 5) is 21.9. The number of carbonyl (C=O) groups is 1. The van der Waals surface area contributed by atoms with E-state index in [9.17, 15) is 18.0 Å². The molecule has 3 heterocycles. The van der Waals surface area contributed by atoms with E-state index in [4.69, 9.17) is 5.73 Å². The molecule has 4 rings (SSSR count). The summed E-state index contributed by atoms with van der Waals surface area (Å²) < 4.78 is 40.4. The van der Waals surface area contributed by atoms with E-state index in [1.807, 2.05) is 0 Å². The van der Waals surface area contributed by atoms with Crippen LogP contribution in [0.3, 0.4) is 0 Å². The number of anilines is 1. The minimum atomic E-state index is -1.55. The number of nitrogens with one attached hydrogen (secondary N) is 1. The van der Waals surface area contributed by atoms with Crippen LogP contribution in [0.4, 0.5) is 18.3 Å². The van der Waals surface area contributed by atoms with E-state index < -0.39 is 17.5 Å². The molecule has 2 aromatic heterocycles. The standard InChI is InChI=1S/C15H11F3N4OS/c16-7-4-9-6(12(17)13(7)18)3-10(20-9)14(23)22-2-1-8-11(5-22)24-15(19)21-8/h3-4,20H,1-2,5H2,(H2,19,21). The van der Waals surface area contributed by atoms with Gasteiger partial charge in [0.15, 0.2) is 22.6 Å². The largest absolute Gasteiger partial charge is 0.375 e. The molecule has 3 aromatic rings. The Morgan fingerprint density at radius 3 is 2.88 bits per heavy atom. The van der Waals surface area contributed by atoms with Crippen molar-refractivity contribution >= 4 is 33.3 Å². The monoisotopic (exact) mass is 352 g/mol. The van der Waals surface area contributed by atoms with Crippen molar-refractivity contribution in [3.05, 3.63) is 45.8 Å². The van der Waals surface area contributed by atoms with E-state index in [-0.39, 0.29) is 22.5 Å². The third kappa shape index (κ3) is 2.23. The number of thiazole rings is 1. The number of hydrogen-bond donors (Lipinski definition) is 2. The zero-order valence-corrected chi connectivity index (χ0v) is 13.0. The average molecular weight is 352 g/mol. The molecule has 0 unspecified atom stereocenters. The van der Waals surface area contributed by atoms with Gasteiger partial charge in [-0.3, -0.25) is 4.79 Å². The van der Waals surface area contributed by atoms with E-state index >= 15 is 0 Å². The Labute approximate surface area is 137 Å². The lowest BCUT2D eigenvalue weighted by molar-refractivity contribution is 0.0731. The number of amides is 1. The van der Waals surface area contributed by atoms with Gasteiger partial charge >= 0.3 is 0 Å². The first-order chi connectivity index (χ1) is 11.4. The van der Waals surface area contributed by atoms with Crippen molar-refractivity contribution < 1.29 is 18.0 Å². The van der Waals surface area contributed by atoms with E-state index in [1.165, 1.54) is 17.4 Å². The van der Waals surface area contributed by atoms with E-state index in [0.717, 1.165) is 16.6 Å². The topological polar surface area (TPSA) is 75.0 Å². The molecule has 24 heavy (non-hydrogen) atoms. The Hall–Kier alpha value is -2.55. The third-order valence-corrected chi connectivity index (χ3v) is 4.94. The molecule has 0 radical (unpaired) electrons. The summed E-state index contributed by atoms with van der Waals surface area (Å²) >= 11 is 1.32. The number of carbonyl (C=O) groups excluding carboxylic acids is 1. The number of nitrogens with zero attached hydrogens (tertiary/aromatic N) is 2. The number of nitrogen functional groups attached to an aromatic ring is 1. The molecule has 1 amide bonds. The van der Waals surface area contributed by atoms with Gasteiger partial charge in [-0.1, -0.05) is 0 Å². The highest BCUT2D eigenvalue weighted by Gasteiger charge is 2.26. The van der Waals surface area contributed by atoms with E-state index in [0.29, 0.717) is 24.6 Å². The van der Waals surface area contributed by atoms with Crippen LogP contribution in [0.15, 0.2) is 12.1 Å². The summed E-state index contributed by atoms with van der Waals surface area (Å²) in [7, 11) is 0. The first-order valence-corrected chi connectivity index (χ1v) is 7.95. The summed E-state index contributed by atoms with van der Waals surface area (Å²) in [5, 5.41) is 0.296. The van der Waals surface area contributed by atoms with Crippen LogP contribution in [0, 0.1) is 17.5 Å². The molecule has 0 atom stereocenters. The van der Waals surface area contributed by atoms with Gasteiger partial charge in [-0.15, -0.1) is 11.3 Å². The average Bonchev–Trinajstić information content (AvgIpc) is 3.13. The van der Waals surface area contributed by atoms with Crippen molar-refractivity contribution in [1.29, 1.82) is 0 Å². The fourth-order valence-electron chi connectivity index (χ4n) is 2.85. The number of halogens is 3. The van der Waals surface area contributed by atoms with Gasteiger partial charge in [0, 0.05) is 29.3 Å². The molecule has 3 N–H and O–H groups in total. The van der Waals surface area contributed by atoms with Gasteiger partial charge in [0.2, 0.25) is 0 Å². The van der Waals surface area contributed by atoms with Crippen LogP contribution >= 0.6 is 11.3 Å². The lowest BCUT2D eigenvalue weighted by Gasteiger charge is -2.25. The molecule has 1 aliphatic rings. The molecule has 0 saturated carbocycles. The van der Waals surface area contributed by atoms with E-state index in [1.54, 1.807) is 4.90 Å². The zero-order valence-electron chi connectivity index (χ0n) is 12.2. The third-order valence-electron chi connectivity index (χ3n) is 4.02. The Bertz CT molecular complexity index is 981. The molecule has 0 spiro atoms. The SMILES string of the molecule is Nc1nc2c(s1)CN(C(=O)c1cc3c(F)c(F)c(F)cc3[nH]1)CC2. The van der Waals surface area contributed by atoms with Crippen LogP contribution in [0.1, 0.15) is 21.1 Å². The number of rotatable bonds is 1. The van der Waals surface area contributed by atoms with Crippen molar-refractivity contribution in [2.75, 3.05) is 12.3 Å². The molecule has 124 valence electrons. The van der Waals surface area contributed by atoms with Crippen molar-refractivity contribution in [1.82, 2.24) is 14.9 Å². The highest BCUT2D eigenvalue weighted by Crippen LogP contribution is 2.28. The van der Waals surface area contributed by atoms with Crippen molar-refractivity contribution in [2.45, 2.75) is 13.0 Å². The van der Waals surface area contributed by atoms with Crippen LogP contribution in [0.5, 0.6) is 0 Å². The molecule has 0 aliphatic carbocycles. The first-order valence-electron chi connectivity index (χ1n) is 7.13. The molecular formula is C15H11F3N4OS. The minimum absolute atomic E-state index is 0.0366. The van der Waals surface area contributed by atoms with E-state index in [2.05, 4.69) is 9.97 Å². The highest BCUT2D eigenvalue weighted by molar-refractivity contribution is 7.15. The Kier molecular flexibility index (Phi) is 3.27. The van der Waals surface area contributed by atoms with Gasteiger partial charge in [-0.25, -0.2) is 18.2 Å². The van der Waals surface area contributed by atoms with Gasteiger partial charge in [0.1, 0.15) is 5.69 Å². The molecule has 0 fully saturated rings. The lowest BCUT2D eigenvalue weighted by Crippen LogP contribution is -2.35. The predicted octanol–water partition coefficient (Wildman–Crippen LogP) is 2.82. The fraction of sp³-hybridized carbons (Fsp3) is 0.200. The maximum atomic E-state index is 13.8. The quantitative estimate of drug-likeness (QED) is 0.662. The summed E-state index contributed by atoms with van der Waals surface area (Å²) in [5.74, 6) is -4.53. The second-order valence-electron chi connectivity index (χ2n) is 5.53. The summed E-state index contributed by atoms with van der Waals surface area (Å²) in [6.07, 6.45) is 0.576. The maximum absolute atomic E-state index is 13.8. The lowest BCUT2D eigenvalue weighted by atomic mass is 10.1. The number of fused-ring (bicyclic) bond motifs is 2. The van der Waals surface area contributed by atoms with Crippen molar-refractivity contribution in [2.24, 2.45) is 0 Å². The van der Waals surface area contributed by atoms with Gasteiger partial charge in [-0.05, 0) is 6.07 Å².